The molecule has 0 aliphatic carbocycles. The first-order chi connectivity index (χ1) is 9.08. The van der Waals surface area contributed by atoms with Gasteiger partial charge >= 0.3 is 0 Å². The molecule has 2 rings (SSSR count). The Balaban J connectivity index is 2.05. The van der Waals surface area contributed by atoms with Crippen LogP contribution in [0.15, 0.2) is 47.4 Å². The van der Waals surface area contributed by atoms with Crippen LogP contribution in [0.5, 0.6) is 0 Å². The van der Waals surface area contributed by atoms with Crippen LogP contribution in [0.25, 0.3) is 0 Å². The lowest BCUT2D eigenvalue weighted by atomic mass is 10.0. The molecule has 0 aliphatic heterocycles. The smallest absolute Gasteiger partial charge is 0.173 e. The van der Waals surface area contributed by atoms with E-state index in [1.54, 1.807) is 18.2 Å². The minimum atomic E-state index is -0.277. The molecule has 2 aromatic carbocycles. The van der Waals surface area contributed by atoms with E-state index < -0.39 is 0 Å². The molecule has 1 nitrogen and oxygen atoms in total. The van der Waals surface area contributed by atoms with Gasteiger partial charge in [-0.15, -0.1) is 11.8 Å². The van der Waals surface area contributed by atoms with Gasteiger partial charge in [0.2, 0.25) is 0 Å². The standard InChI is InChI=1S/C16H15FOS/c1-11-7-8-13(9-12(11)2)15(18)10-19-16-6-4-3-5-14(16)17/h3-9H,10H2,1-2H3. The summed E-state index contributed by atoms with van der Waals surface area (Å²) in [6, 6.07) is 12.2. The van der Waals surface area contributed by atoms with Crippen LogP contribution in [0.2, 0.25) is 0 Å². The van der Waals surface area contributed by atoms with Crippen LogP contribution in [-0.2, 0) is 0 Å². The van der Waals surface area contributed by atoms with Crippen molar-refractivity contribution in [3.05, 3.63) is 65.0 Å². The second-order valence-corrected chi connectivity index (χ2v) is 5.46. The average molecular weight is 274 g/mol. The van der Waals surface area contributed by atoms with E-state index in [2.05, 4.69) is 0 Å². The first kappa shape index (κ1) is 13.8. The molecule has 0 spiro atoms. The van der Waals surface area contributed by atoms with Crippen molar-refractivity contribution in [1.29, 1.82) is 0 Å². The van der Waals surface area contributed by atoms with Gasteiger partial charge in [0.05, 0.1) is 5.75 Å². The Hall–Kier alpha value is -1.61. The molecule has 0 N–H and O–H groups in total. The summed E-state index contributed by atoms with van der Waals surface area (Å²) >= 11 is 1.24. The van der Waals surface area contributed by atoms with Gasteiger partial charge < -0.3 is 0 Å². The number of Topliss-reactive ketones (excluding diaryl/α,β-unsaturated/α-hetero) is 1. The van der Waals surface area contributed by atoms with Crippen LogP contribution in [0.3, 0.4) is 0 Å². The van der Waals surface area contributed by atoms with Gasteiger partial charge in [-0.1, -0.05) is 24.3 Å². The van der Waals surface area contributed by atoms with Crippen LogP contribution < -0.4 is 0 Å². The Morgan fingerprint density at radius 2 is 1.84 bits per heavy atom. The Kier molecular flexibility index (Phi) is 4.38. The average Bonchev–Trinajstić information content (AvgIpc) is 2.40. The van der Waals surface area contributed by atoms with Gasteiger partial charge in [-0.2, -0.15) is 0 Å². The third-order valence-corrected chi connectivity index (χ3v) is 4.07. The van der Waals surface area contributed by atoms with Crippen molar-refractivity contribution in [2.45, 2.75) is 18.7 Å². The SMILES string of the molecule is Cc1ccc(C(=O)CSc2ccccc2F)cc1C. The van der Waals surface area contributed by atoms with E-state index in [4.69, 9.17) is 0 Å². The van der Waals surface area contributed by atoms with Crippen LogP contribution in [0.4, 0.5) is 4.39 Å². The molecule has 0 aromatic heterocycles. The number of aryl methyl sites for hydroxylation is 2. The molecule has 0 amide bonds. The van der Waals surface area contributed by atoms with Gasteiger partial charge in [0.15, 0.2) is 5.78 Å². The summed E-state index contributed by atoms with van der Waals surface area (Å²) in [5.74, 6) is 0.000388. The van der Waals surface area contributed by atoms with Crippen molar-refractivity contribution < 1.29 is 9.18 Å². The summed E-state index contributed by atoms with van der Waals surface area (Å²) in [4.78, 5) is 12.6. The molecule has 0 saturated carbocycles. The minimum Gasteiger partial charge on any atom is -0.293 e. The zero-order valence-corrected chi connectivity index (χ0v) is 11.8. The number of thioether (sulfide) groups is 1. The molecule has 0 radical (unpaired) electrons. The monoisotopic (exact) mass is 274 g/mol. The fraction of sp³-hybridized carbons (Fsp3) is 0.188. The fourth-order valence-electron chi connectivity index (χ4n) is 1.70. The van der Waals surface area contributed by atoms with Crippen molar-refractivity contribution in [3.8, 4) is 0 Å². The van der Waals surface area contributed by atoms with Gasteiger partial charge in [0.1, 0.15) is 5.82 Å². The van der Waals surface area contributed by atoms with Crippen LogP contribution in [0, 0.1) is 19.7 Å². The van der Waals surface area contributed by atoms with E-state index in [1.807, 2.05) is 32.0 Å². The van der Waals surface area contributed by atoms with Crippen LogP contribution >= 0.6 is 11.8 Å². The highest BCUT2D eigenvalue weighted by Gasteiger charge is 2.09. The third kappa shape index (κ3) is 3.44. The molecule has 0 aliphatic rings. The summed E-state index contributed by atoms with van der Waals surface area (Å²) in [5.41, 5.74) is 2.95. The Bertz CT molecular complexity index is 607. The summed E-state index contributed by atoms with van der Waals surface area (Å²) in [6.07, 6.45) is 0. The fourth-order valence-corrected chi connectivity index (χ4v) is 2.54. The van der Waals surface area contributed by atoms with E-state index in [1.165, 1.54) is 23.4 Å². The number of benzene rings is 2. The highest BCUT2D eigenvalue weighted by atomic mass is 32.2. The quantitative estimate of drug-likeness (QED) is 0.606. The molecular formula is C16H15FOS. The first-order valence-corrected chi connectivity index (χ1v) is 7.04. The number of carbonyl (C=O) groups is 1. The zero-order valence-electron chi connectivity index (χ0n) is 10.9. The van der Waals surface area contributed by atoms with Crippen molar-refractivity contribution in [1.82, 2.24) is 0 Å². The number of halogens is 1. The lowest BCUT2D eigenvalue weighted by Gasteiger charge is -2.05. The molecule has 0 atom stereocenters. The number of hydrogen-bond donors (Lipinski definition) is 0. The second-order valence-electron chi connectivity index (χ2n) is 4.44. The van der Waals surface area contributed by atoms with Gasteiger partial charge in [0, 0.05) is 10.5 Å². The molecule has 0 bridgehead atoms. The number of ketones is 1. The summed E-state index contributed by atoms with van der Waals surface area (Å²) in [7, 11) is 0. The topological polar surface area (TPSA) is 17.1 Å². The van der Waals surface area contributed by atoms with Crippen LogP contribution in [-0.4, -0.2) is 11.5 Å². The van der Waals surface area contributed by atoms with Crippen LogP contribution in [0.1, 0.15) is 21.5 Å². The van der Waals surface area contributed by atoms with E-state index in [9.17, 15) is 9.18 Å². The van der Waals surface area contributed by atoms with Gasteiger partial charge in [-0.05, 0) is 43.2 Å². The largest absolute Gasteiger partial charge is 0.293 e. The molecule has 0 fully saturated rings. The highest BCUT2D eigenvalue weighted by Crippen LogP contribution is 2.22. The first-order valence-electron chi connectivity index (χ1n) is 6.05. The molecule has 3 heteroatoms. The van der Waals surface area contributed by atoms with Crippen molar-refractivity contribution >= 4 is 17.5 Å². The van der Waals surface area contributed by atoms with E-state index in [0.29, 0.717) is 10.5 Å². The Morgan fingerprint density at radius 1 is 1.11 bits per heavy atom. The third-order valence-electron chi connectivity index (χ3n) is 3.02. The summed E-state index contributed by atoms with van der Waals surface area (Å²) < 4.78 is 13.4. The molecule has 0 unspecified atom stereocenters. The Morgan fingerprint density at radius 3 is 2.53 bits per heavy atom. The number of hydrogen-bond acceptors (Lipinski definition) is 2. The van der Waals surface area contributed by atoms with E-state index in [0.717, 1.165) is 5.56 Å². The normalized spacial score (nSPS) is 10.5. The Labute approximate surface area is 116 Å². The predicted molar refractivity (Wildman–Crippen MR) is 77.4 cm³/mol. The number of rotatable bonds is 4. The molecule has 19 heavy (non-hydrogen) atoms. The maximum absolute atomic E-state index is 13.4. The maximum Gasteiger partial charge on any atom is 0.173 e. The van der Waals surface area contributed by atoms with Gasteiger partial charge in [-0.3, -0.25) is 4.79 Å². The highest BCUT2D eigenvalue weighted by molar-refractivity contribution is 8.00. The lowest BCUT2D eigenvalue weighted by molar-refractivity contribution is 0.102. The minimum absolute atomic E-state index is 0.0244. The van der Waals surface area contributed by atoms with E-state index >= 15 is 0 Å². The molecular weight excluding hydrogens is 259 g/mol. The summed E-state index contributed by atoms with van der Waals surface area (Å²) in [6.45, 7) is 3.99. The summed E-state index contributed by atoms with van der Waals surface area (Å²) in [5, 5.41) is 0. The van der Waals surface area contributed by atoms with E-state index in [-0.39, 0.29) is 17.4 Å². The van der Waals surface area contributed by atoms with Crippen molar-refractivity contribution in [3.63, 3.8) is 0 Å². The zero-order chi connectivity index (χ0) is 13.8. The molecule has 2 aromatic rings. The van der Waals surface area contributed by atoms with Crippen molar-refractivity contribution in [2.24, 2.45) is 0 Å². The lowest BCUT2D eigenvalue weighted by Crippen LogP contribution is -2.03. The molecule has 0 saturated heterocycles. The maximum atomic E-state index is 13.4. The molecule has 98 valence electrons. The van der Waals surface area contributed by atoms with Gasteiger partial charge in [0.25, 0.3) is 0 Å². The second kappa shape index (κ2) is 6.02. The number of carbonyl (C=O) groups excluding carboxylic acids is 1. The predicted octanol–water partition coefficient (Wildman–Crippen LogP) is 4.42. The molecule has 0 heterocycles. The van der Waals surface area contributed by atoms with Crippen molar-refractivity contribution in [2.75, 3.05) is 5.75 Å². The van der Waals surface area contributed by atoms with Gasteiger partial charge in [-0.25, -0.2) is 4.39 Å².